The van der Waals surface area contributed by atoms with E-state index in [9.17, 15) is 9.59 Å². The topological polar surface area (TPSA) is 90.1 Å². The van der Waals surface area contributed by atoms with Gasteiger partial charge in [0.1, 0.15) is 0 Å². The summed E-state index contributed by atoms with van der Waals surface area (Å²) >= 11 is 8.14. The zero-order valence-electron chi connectivity index (χ0n) is 13.8. The zero-order valence-corrected chi connectivity index (χ0v) is 15.6. The monoisotopic (exact) mass is 373 g/mol. The number of aromatic nitrogens is 2. The third-order valence-corrected chi connectivity index (χ3v) is 3.88. The highest BCUT2D eigenvalue weighted by atomic mass is 32.1. The number of amides is 2. The molecule has 1 aromatic rings. The van der Waals surface area contributed by atoms with Crippen molar-refractivity contribution in [3.63, 3.8) is 0 Å². The Balaban J connectivity index is 2.39. The predicted octanol–water partition coefficient (Wildman–Crippen LogP) is 0.126. The molecule has 136 valence electrons. The van der Waals surface area contributed by atoms with Gasteiger partial charge in [0.15, 0.2) is 0 Å². The first-order chi connectivity index (χ1) is 11.7. The van der Waals surface area contributed by atoms with Crippen molar-refractivity contribution < 1.29 is 9.59 Å². The van der Waals surface area contributed by atoms with Crippen LogP contribution in [0.25, 0.3) is 0 Å². The second-order valence-electron chi connectivity index (χ2n) is 5.32. The molecule has 0 aliphatic rings. The number of hydrogen-bond donors (Lipinski definition) is 5. The smallest absolute Gasteiger partial charge is 0.221 e. The number of hydrogen-bond acceptors (Lipinski definition) is 6. The van der Waals surface area contributed by atoms with Gasteiger partial charge in [0, 0.05) is 75.4 Å². The molecular weight excluding hydrogens is 346 g/mol. The van der Waals surface area contributed by atoms with Crippen molar-refractivity contribution in [2.45, 2.75) is 19.3 Å². The molecule has 0 saturated heterocycles. The van der Waals surface area contributed by atoms with Crippen LogP contribution >= 0.6 is 25.3 Å². The second kappa shape index (κ2) is 13.1. The molecule has 0 aliphatic carbocycles. The first-order valence-corrected chi connectivity index (χ1v) is 9.37. The van der Waals surface area contributed by atoms with Gasteiger partial charge in [0.05, 0.1) is 6.33 Å². The predicted molar refractivity (Wildman–Crippen MR) is 102 cm³/mol. The molecule has 3 N–H and O–H groups in total. The first-order valence-electron chi connectivity index (χ1n) is 8.10. The molecule has 7 nitrogen and oxygen atoms in total. The van der Waals surface area contributed by atoms with Gasteiger partial charge in [-0.25, -0.2) is 4.98 Å². The highest BCUT2D eigenvalue weighted by Gasteiger charge is 2.11. The molecule has 0 fully saturated rings. The highest BCUT2D eigenvalue weighted by Crippen LogP contribution is 2.00. The number of nitrogens with one attached hydrogen (secondary N) is 3. The second-order valence-corrected chi connectivity index (χ2v) is 6.21. The van der Waals surface area contributed by atoms with Gasteiger partial charge in [-0.1, -0.05) is 0 Å². The maximum Gasteiger partial charge on any atom is 0.221 e. The fourth-order valence-corrected chi connectivity index (χ4v) is 2.35. The number of H-pyrrole nitrogens is 1. The Labute approximate surface area is 154 Å². The van der Waals surface area contributed by atoms with Gasteiger partial charge in [-0.05, 0) is 0 Å². The minimum absolute atomic E-state index is 0.00937. The van der Waals surface area contributed by atoms with Crippen molar-refractivity contribution in [2.24, 2.45) is 0 Å². The lowest BCUT2D eigenvalue weighted by molar-refractivity contribution is -0.121. The molecule has 0 radical (unpaired) electrons. The fourth-order valence-electron chi connectivity index (χ4n) is 2.12. The van der Waals surface area contributed by atoms with Crippen LogP contribution in [0, 0.1) is 0 Å². The molecule has 0 saturated carbocycles. The molecule has 0 aromatic carbocycles. The molecule has 0 bridgehead atoms. The van der Waals surface area contributed by atoms with Crippen LogP contribution in [-0.4, -0.2) is 70.9 Å². The van der Waals surface area contributed by atoms with Crippen LogP contribution in [0.15, 0.2) is 12.5 Å². The average molecular weight is 374 g/mol. The lowest BCUT2D eigenvalue weighted by Gasteiger charge is -2.21. The van der Waals surface area contributed by atoms with Crippen LogP contribution in [0.4, 0.5) is 0 Å². The number of nitrogens with zero attached hydrogens (tertiary/aromatic N) is 2. The van der Waals surface area contributed by atoms with E-state index in [2.05, 4.69) is 50.8 Å². The van der Waals surface area contributed by atoms with Crippen molar-refractivity contribution in [3.8, 4) is 0 Å². The van der Waals surface area contributed by atoms with Crippen LogP contribution < -0.4 is 10.6 Å². The van der Waals surface area contributed by atoms with E-state index in [1.54, 1.807) is 12.5 Å². The van der Waals surface area contributed by atoms with Gasteiger partial charge >= 0.3 is 0 Å². The summed E-state index contributed by atoms with van der Waals surface area (Å²) in [4.78, 5) is 32.7. The summed E-state index contributed by atoms with van der Waals surface area (Å²) in [5.74, 6) is 1.27. The lowest BCUT2D eigenvalue weighted by atomic mass is 10.2. The maximum atomic E-state index is 11.7. The summed E-state index contributed by atoms with van der Waals surface area (Å²) in [6.07, 6.45) is 5.06. The third kappa shape index (κ3) is 9.84. The summed E-state index contributed by atoms with van der Waals surface area (Å²) in [6, 6.07) is 0. The quantitative estimate of drug-likeness (QED) is 0.318. The third-order valence-electron chi connectivity index (χ3n) is 3.43. The normalized spacial score (nSPS) is 10.8. The highest BCUT2D eigenvalue weighted by molar-refractivity contribution is 7.80. The zero-order chi connectivity index (χ0) is 17.6. The SMILES string of the molecule is O=C(CCN(CCC(=O)NCCS)CCc1cnc[nH]1)NCCS. The van der Waals surface area contributed by atoms with E-state index in [-0.39, 0.29) is 11.8 Å². The largest absolute Gasteiger partial charge is 0.355 e. The van der Waals surface area contributed by atoms with E-state index in [0.29, 0.717) is 50.5 Å². The minimum Gasteiger partial charge on any atom is -0.355 e. The van der Waals surface area contributed by atoms with Crippen molar-refractivity contribution in [3.05, 3.63) is 18.2 Å². The Morgan fingerprint density at radius 2 is 1.62 bits per heavy atom. The molecule has 1 heterocycles. The van der Waals surface area contributed by atoms with Gasteiger partial charge in [-0.3, -0.25) is 9.59 Å². The number of rotatable bonds is 13. The molecule has 2 amide bonds. The van der Waals surface area contributed by atoms with Crippen LogP contribution in [0.1, 0.15) is 18.5 Å². The summed E-state index contributed by atoms with van der Waals surface area (Å²) in [5.41, 5.74) is 1.04. The Kier molecular flexibility index (Phi) is 11.4. The molecule has 9 heteroatoms. The van der Waals surface area contributed by atoms with Crippen LogP contribution in [-0.2, 0) is 16.0 Å². The molecule has 0 atom stereocenters. The molecule has 0 unspecified atom stereocenters. The molecule has 1 aromatic heterocycles. The van der Waals surface area contributed by atoms with Crippen molar-refractivity contribution in [1.29, 1.82) is 0 Å². The summed E-state index contributed by atoms with van der Waals surface area (Å²) in [6.45, 7) is 3.14. The molecule has 0 aliphatic heterocycles. The van der Waals surface area contributed by atoms with E-state index in [1.807, 2.05) is 0 Å². The Bertz CT molecular complexity index is 446. The van der Waals surface area contributed by atoms with Gasteiger partial charge in [0.25, 0.3) is 0 Å². The van der Waals surface area contributed by atoms with Crippen LogP contribution in [0.3, 0.4) is 0 Å². The number of imidazole rings is 1. The van der Waals surface area contributed by atoms with Crippen molar-refractivity contribution >= 4 is 37.1 Å². The number of carbonyl (C=O) groups is 2. The standard InChI is InChI=1S/C15H27N5O2S2/c21-14(17-4-9-23)2-7-20(6-1-13-11-16-12-19-13)8-3-15(22)18-5-10-24/h11-12,23-24H,1-10H2,(H,16,19)(H,17,21)(H,18,22). The number of aromatic amines is 1. The van der Waals surface area contributed by atoms with Crippen LogP contribution in [0.5, 0.6) is 0 Å². The minimum atomic E-state index is 0.00937. The van der Waals surface area contributed by atoms with Crippen molar-refractivity contribution in [1.82, 2.24) is 25.5 Å². The lowest BCUT2D eigenvalue weighted by Crippen LogP contribution is -2.36. The average Bonchev–Trinajstić information content (AvgIpc) is 3.10. The van der Waals surface area contributed by atoms with Gasteiger partial charge in [0.2, 0.25) is 11.8 Å². The van der Waals surface area contributed by atoms with Crippen LogP contribution in [0.2, 0.25) is 0 Å². The van der Waals surface area contributed by atoms with Gasteiger partial charge < -0.3 is 20.5 Å². The Hall–Kier alpha value is -1.19. The summed E-state index contributed by atoms with van der Waals surface area (Å²) < 4.78 is 0. The first kappa shape index (κ1) is 20.9. The Morgan fingerprint density at radius 1 is 1.04 bits per heavy atom. The summed E-state index contributed by atoms with van der Waals surface area (Å²) in [5, 5.41) is 5.61. The molecular formula is C15H27N5O2S2. The fraction of sp³-hybridized carbons (Fsp3) is 0.667. The van der Waals surface area contributed by atoms with Crippen molar-refractivity contribution in [2.75, 3.05) is 44.2 Å². The van der Waals surface area contributed by atoms with E-state index < -0.39 is 0 Å². The molecule has 1 rings (SSSR count). The van der Waals surface area contributed by atoms with E-state index in [4.69, 9.17) is 0 Å². The molecule has 24 heavy (non-hydrogen) atoms. The van der Waals surface area contributed by atoms with Gasteiger partial charge in [-0.2, -0.15) is 25.3 Å². The number of carbonyl (C=O) groups excluding carboxylic acids is 2. The molecule has 0 spiro atoms. The van der Waals surface area contributed by atoms with Gasteiger partial charge in [-0.15, -0.1) is 0 Å². The number of thiol groups is 2. The Morgan fingerprint density at radius 3 is 2.08 bits per heavy atom. The van der Waals surface area contributed by atoms with E-state index in [1.165, 1.54) is 0 Å². The maximum absolute atomic E-state index is 11.7. The van der Waals surface area contributed by atoms with E-state index >= 15 is 0 Å². The summed E-state index contributed by atoms with van der Waals surface area (Å²) in [7, 11) is 0. The van der Waals surface area contributed by atoms with E-state index in [0.717, 1.165) is 18.7 Å².